The Morgan fingerprint density at radius 3 is 2.40 bits per heavy atom. The number of benzene rings is 1. The topological polar surface area (TPSA) is 52.6 Å². The molecule has 30 heavy (non-hydrogen) atoms. The molecule has 2 aromatic rings. The molecule has 1 heterocycles. The van der Waals surface area contributed by atoms with Crippen molar-refractivity contribution >= 4 is 17.3 Å². The minimum absolute atomic E-state index is 0.0652. The number of aliphatic imine (C=N–C) groups is 1. The number of thiazole rings is 1. The van der Waals surface area contributed by atoms with Crippen LogP contribution in [0.4, 0.5) is 22.0 Å². The van der Waals surface area contributed by atoms with E-state index in [4.69, 9.17) is 0 Å². The molecule has 0 aliphatic rings. The van der Waals surface area contributed by atoms with Crippen LogP contribution in [0.25, 0.3) is 0 Å². The largest absolute Gasteiger partial charge is 0.434 e. The van der Waals surface area contributed by atoms with Crippen molar-refractivity contribution in [2.45, 2.75) is 25.6 Å². The Morgan fingerprint density at radius 1 is 1.20 bits per heavy atom. The van der Waals surface area contributed by atoms with Crippen LogP contribution in [0.15, 0.2) is 28.6 Å². The van der Waals surface area contributed by atoms with Gasteiger partial charge in [0, 0.05) is 30.5 Å². The molecule has 0 amide bonds. The number of likely N-dealkylation sites (N-methyl/N-ethyl adjacent to an activating group) is 1. The molecule has 0 aliphatic heterocycles. The summed E-state index contributed by atoms with van der Waals surface area (Å²) >= 11 is 0.943. The molecule has 1 aromatic carbocycles. The number of guanidine groups is 1. The molecule has 166 valence electrons. The van der Waals surface area contributed by atoms with E-state index < -0.39 is 29.5 Å². The molecule has 1 atom stereocenters. The summed E-state index contributed by atoms with van der Waals surface area (Å²) < 4.78 is 66.3. The van der Waals surface area contributed by atoms with Gasteiger partial charge in [-0.3, -0.25) is 4.99 Å². The van der Waals surface area contributed by atoms with Gasteiger partial charge in [0.1, 0.15) is 11.6 Å². The van der Waals surface area contributed by atoms with Crippen LogP contribution >= 0.6 is 11.3 Å². The van der Waals surface area contributed by atoms with Gasteiger partial charge in [-0.2, -0.15) is 13.2 Å². The zero-order chi connectivity index (χ0) is 22.3. The lowest BCUT2D eigenvalue weighted by Gasteiger charge is -2.24. The average Bonchev–Trinajstić information content (AvgIpc) is 3.13. The van der Waals surface area contributed by atoms with E-state index in [1.165, 1.54) is 18.2 Å². The minimum atomic E-state index is -4.46. The highest BCUT2D eigenvalue weighted by Crippen LogP contribution is 2.30. The van der Waals surface area contributed by atoms with Crippen molar-refractivity contribution in [2.75, 3.05) is 33.7 Å². The second kappa shape index (κ2) is 10.7. The van der Waals surface area contributed by atoms with Crippen LogP contribution in [-0.2, 0) is 12.6 Å². The number of halogens is 5. The van der Waals surface area contributed by atoms with Gasteiger partial charge >= 0.3 is 6.18 Å². The molecule has 0 saturated heterocycles. The lowest BCUT2D eigenvalue weighted by molar-refractivity contribution is -0.140. The van der Waals surface area contributed by atoms with Gasteiger partial charge in [-0.25, -0.2) is 13.8 Å². The molecule has 1 unspecified atom stereocenters. The molecule has 2 N–H and O–H groups in total. The standard InChI is InChI=1S/C19H24F5N5S/c1-4-25-18(26-9-8-16-28-15(11-30-16)19(22,23)24)27-10-14(29(2)3)17-12(20)6-5-7-13(17)21/h5-7,11,14H,4,8-10H2,1-3H3,(H2,25,26,27). The van der Waals surface area contributed by atoms with E-state index >= 15 is 0 Å². The first-order valence-electron chi connectivity index (χ1n) is 9.27. The summed E-state index contributed by atoms with van der Waals surface area (Å²) in [5.74, 6) is -0.897. The number of nitrogens with zero attached hydrogens (tertiary/aromatic N) is 3. The van der Waals surface area contributed by atoms with Crippen LogP contribution in [0.3, 0.4) is 0 Å². The Morgan fingerprint density at radius 2 is 1.87 bits per heavy atom. The molecule has 0 aliphatic carbocycles. The predicted molar refractivity (Wildman–Crippen MR) is 108 cm³/mol. The van der Waals surface area contributed by atoms with E-state index in [0.717, 1.165) is 16.7 Å². The monoisotopic (exact) mass is 449 g/mol. The summed E-state index contributed by atoms with van der Waals surface area (Å²) in [5, 5.41) is 7.36. The number of hydrogen-bond donors (Lipinski definition) is 2. The molecule has 0 radical (unpaired) electrons. The molecular formula is C19H24F5N5S. The lowest BCUT2D eigenvalue weighted by Crippen LogP contribution is -2.39. The smallest absolute Gasteiger partial charge is 0.357 e. The van der Waals surface area contributed by atoms with Crippen molar-refractivity contribution in [3.8, 4) is 0 Å². The molecule has 0 fully saturated rings. The number of nitrogens with one attached hydrogen (secondary N) is 2. The van der Waals surface area contributed by atoms with Gasteiger partial charge in [-0.1, -0.05) is 6.07 Å². The van der Waals surface area contributed by atoms with Crippen molar-refractivity contribution in [3.63, 3.8) is 0 Å². The third-order valence-corrected chi connectivity index (χ3v) is 5.10. The van der Waals surface area contributed by atoms with Gasteiger partial charge in [0.05, 0.1) is 17.6 Å². The fourth-order valence-electron chi connectivity index (χ4n) is 2.71. The molecule has 11 heteroatoms. The Balaban J connectivity index is 2.04. The van der Waals surface area contributed by atoms with Crippen molar-refractivity contribution < 1.29 is 22.0 Å². The van der Waals surface area contributed by atoms with Gasteiger partial charge in [0.15, 0.2) is 11.7 Å². The quantitative estimate of drug-likeness (QED) is 0.365. The second-order valence-electron chi connectivity index (χ2n) is 6.64. The lowest BCUT2D eigenvalue weighted by atomic mass is 10.0. The van der Waals surface area contributed by atoms with Gasteiger partial charge in [0.2, 0.25) is 0 Å². The number of alkyl halides is 3. The fraction of sp³-hybridized carbons (Fsp3) is 0.474. The summed E-state index contributed by atoms with van der Waals surface area (Å²) in [4.78, 5) is 9.65. The van der Waals surface area contributed by atoms with E-state index in [-0.39, 0.29) is 18.5 Å². The number of aromatic nitrogens is 1. The normalized spacial score (nSPS) is 13.6. The maximum Gasteiger partial charge on any atom is 0.434 e. The van der Waals surface area contributed by atoms with E-state index in [1.807, 2.05) is 6.92 Å². The fourth-order valence-corrected chi connectivity index (χ4v) is 3.51. The van der Waals surface area contributed by atoms with Gasteiger partial charge in [-0.05, 0) is 33.2 Å². The SMILES string of the molecule is CCNC(=NCC(c1c(F)cccc1F)N(C)C)NCCc1nc(C(F)(F)F)cs1. The molecule has 2 rings (SSSR count). The van der Waals surface area contributed by atoms with Crippen LogP contribution in [0.2, 0.25) is 0 Å². The molecule has 5 nitrogen and oxygen atoms in total. The van der Waals surface area contributed by atoms with Crippen LogP contribution in [-0.4, -0.2) is 49.6 Å². The average molecular weight is 449 g/mol. The summed E-state index contributed by atoms with van der Waals surface area (Å²) in [7, 11) is 3.40. The predicted octanol–water partition coefficient (Wildman–Crippen LogP) is 3.84. The Hall–Kier alpha value is -2.27. The van der Waals surface area contributed by atoms with Crippen LogP contribution in [0.1, 0.15) is 29.2 Å². The maximum atomic E-state index is 14.2. The molecule has 0 spiro atoms. The molecule has 0 saturated carbocycles. The first kappa shape index (κ1) is 24.0. The van der Waals surface area contributed by atoms with Crippen molar-refractivity contribution in [1.29, 1.82) is 0 Å². The first-order chi connectivity index (χ1) is 14.1. The van der Waals surface area contributed by atoms with Gasteiger partial charge in [0.25, 0.3) is 0 Å². The summed E-state index contributed by atoms with van der Waals surface area (Å²) in [6, 6.07) is 3.07. The van der Waals surface area contributed by atoms with Gasteiger partial charge in [-0.15, -0.1) is 11.3 Å². The summed E-state index contributed by atoms with van der Waals surface area (Å²) in [5.41, 5.74) is -0.964. The van der Waals surface area contributed by atoms with Crippen LogP contribution < -0.4 is 10.6 Å². The van der Waals surface area contributed by atoms with Crippen LogP contribution in [0, 0.1) is 11.6 Å². The van der Waals surface area contributed by atoms with E-state index in [1.54, 1.807) is 19.0 Å². The Labute approximate surface area is 176 Å². The van der Waals surface area contributed by atoms with Crippen molar-refractivity contribution in [1.82, 2.24) is 20.5 Å². The Kier molecular flexibility index (Phi) is 8.54. The van der Waals surface area contributed by atoms with Crippen LogP contribution in [0.5, 0.6) is 0 Å². The zero-order valence-corrected chi connectivity index (χ0v) is 17.7. The zero-order valence-electron chi connectivity index (χ0n) is 16.9. The highest BCUT2D eigenvalue weighted by atomic mass is 32.1. The number of rotatable bonds is 8. The van der Waals surface area contributed by atoms with Gasteiger partial charge < -0.3 is 15.5 Å². The molecular weight excluding hydrogens is 425 g/mol. The first-order valence-corrected chi connectivity index (χ1v) is 10.2. The second-order valence-corrected chi connectivity index (χ2v) is 7.58. The third kappa shape index (κ3) is 6.63. The summed E-state index contributed by atoms with van der Waals surface area (Å²) in [6.45, 7) is 2.78. The van der Waals surface area contributed by atoms with E-state index in [9.17, 15) is 22.0 Å². The Bertz CT molecular complexity index is 830. The minimum Gasteiger partial charge on any atom is -0.357 e. The van der Waals surface area contributed by atoms with Crippen molar-refractivity contribution in [3.05, 3.63) is 51.5 Å². The van der Waals surface area contributed by atoms with E-state index in [2.05, 4.69) is 20.6 Å². The molecule has 1 aromatic heterocycles. The molecule has 0 bridgehead atoms. The summed E-state index contributed by atoms with van der Waals surface area (Å²) in [6.07, 6.45) is -4.17. The maximum absolute atomic E-state index is 14.2. The number of hydrogen-bond acceptors (Lipinski definition) is 4. The highest BCUT2D eigenvalue weighted by molar-refractivity contribution is 7.09. The highest BCUT2D eigenvalue weighted by Gasteiger charge is 2.33. The third-order valence-electron chi connectivity index (χ3n) is 4.20. The van der Waals surface area contributed by atoms with E-state index in [0.29, 0.717) is 24.1 Å². The van der Waals surface area contributed by atoms with Crippen molar-refractivity contribution in [2.24, 2.45) is 4.99 Å².